The highest BCUT2D eigenvalue weighted by atomic mass is 32.2. The molecule has 3 aromatic rings. The van der Waals surface area contributed by atoms with Gasteiger partial charge < -0.3 is 5.11 Å². The van der Waals surface area contributed by atoms with E-state index in [2.05, 4.69) is 53.4 Å². The van der Waals surface area contributed by atoms with Crippen molar-refractivity contribution in [3.63, 3.8) is 0 Å². The number of thioether (sulfide) groups is 1. The number of hydrogen-bond donors (Lipinski definition) is 1. The minimum Gasteiger partial charge on any atom is -0.382 e. The second-order valence-electron chi connectivity index (χ2n) is 9.23. The van der Waals surface area contributed by atoms with Gasteiger partial charge in [0.15, 0.2) is 0 Å². The number of rotatable bonds is 8. The van der Waals surface area contributed by atoms with Gasteiger partial charge in [-0.05, 0) is 50.2 Å². The van der Waals surface area contributed by atoms with Crippen LogP contribution in [0.4, 0.5) is 8.78 Å². The van der Waals surface area contributed by atoms with Gasteiger partial charge in [0.2, 0.25) is 0 Å². The molecule has 0 spiro atoms. The average molecular weight is 484 g/mol. The summed E-state index contributed by atoms with van der Waals surface area (Å²) in [7, 11) is 0. The normalized spacial score (nSPS) is 21.4. The number of nitrogens with zero attached hydrogens (tertiary/aromatic N) is 3. The number of benzene rings is 2. The smallest absolute Gasteiger partial charge is 0.137 e. The highest BCUT2D eigenvalue weighted by Crippen LogP contribution is 2.42. The lowest BCUT2D eigenvalue weighted by Gasteiger charge is -2.37. The fourth-order valence-corrected chi connectivity index (χ4v) is 6.13. The Kier molecular flexibility index (Phi) is 7.84. The molecule has 0 amide bonds. The second kappa shape index (κ2) is 10.8. The number of aromatic nitrogens is 3. The van der Waals surface area contributed by atoms with Crippen LogP contribution in [-0.4, -0.2) is 30.4 Å². The lowest BCUT2D eigenvalue weighted by molar-refractivity contribution is 0.0131. The quantitative estimate of drug-likeness (QED) is 0.418. The van der Waals surface area contributed by atoms with E-state index in [1.54, 1.807) is 11.8 Å². The van der Waals surface area contributed by atoms with Crippen molar-refractivity contribution >= 4 is 17.8 Å². The van der Waals surface area contributed by atoms with E-state index in [1.165, 1.54) is 40.6 Å². The molecular formula is C27H31F2N3OS. The van der Waals surface area contributed by atoms with Crippen LogP contribution in [0.3, 0.4) is 0 Å². The highest BCUT2D eigenvalue weighted by molar-refractivity contribution is 8.00. The molecule has 1 aromatic heterocycles. The van der Waals surface area contributed by atoms with Crippen molar-refractivity contribution in [1.29, 1.82) is 0 Å². The van der Waals surface area contributed by atoms with Gasteiger partial charge in [-0.2, -0.15) is 16.9 Å². The summed E-state index contributed by atoms with van der Waals surface area (Å²) in [6, 6.07) is 11.9. The number of halogens is 2. The van der Waals surface area contributed by atoms with Gasteiger partial charge in [0.1, 0.15) is 29.9 Å². The zero-order valence-corrected chi connectivity index (χ0v) is 20.4. The Morgan fingerprint density at radius 3 is 2.53 bits per heavy atom. The average Bonchev–Trinajstić information content (AvgIpc) is 3.32. The Hall–Kier alpha value is -2.51. The van der Waals surface area contributed by atoms with E-state index in [0.29, 0.717) is 11.2 Å². The third kappa shape index (κ3) is 5.94. The molecule has 34 heavy (non-hydrogen) atoms. The number of allylic oxidation sites excluding steroid dienone is 1. The Morgan fingerprint density at radius 1 is 1.15 bits per heavy atom. The van der Waals surface area contributed by atoms with Crippen LogP contribution in [0.15, 0.2) is 61.2 Å². The summed E-state index contributed by atoms with van der Waals surface area (Å²) >= 11 is 1.68. The molecule has 4 rings (SSSR count). The summed E-state index contributed by atoms with van der Waals surface area (Å²) in [6.45, 7) is 4.04. The third-order valence-corrected chi connectivity index (χ3v) is 8.35. The van der Waals surface area contributed by atoms with Crippen LogP contribution in [0, 0.1) is 24.5 Å². The molecule has 180 valence electrons. The molecule has 1 saturated carbocycles. The minimum absolute atomic E-state index is 0.0400. The van der Waals surface area contributed by atoms with Crippen LogP contribution >= 0.6 is 11.8 Å². The summed E-state index contributed by atoms with van der Waals surface area (Å²) in [5.41, 5.74) is 1.00. The van der Waals surface area contributed by atoms with E-state index in [1.807, 2.05) is 6.92 Å². The summed E-state index contributed by atoms with van der Waals surface area (Å²) in [6.07, 6.45) is 11.6. The van der Waals surface area contributed by atoms with E-state index >= 15 is 0 Å². The Labute approximate surface area is 204 Å². The van der Waals surface area contributed by atoms with Gasteiger partial charge in [0, 0.05) is 22.1 Å². The molecule has 0 bridgehead atoms. The van der Waals surface area contributed by atoms with Gasteiger partial charge in [0.05, 0.1) is 6.54 Å². The van der Waals surface area contributed by atoms with Gasteiger partial charge in [0.25, 0.3) is 0 Å². The van der Waals surface area contributed by atoms with Crippen LogP contribution < -0.4 is 0 Å². The van der Waals surface area contributed by atoms with Crippen LogP contribution in [0.5, 0.6) is 0 Å². The molecule has 1 fully saturated rings. The second-order valence-corrected chi connectivity index (χ2v) is 10.9. The zero-order valence-electron chi connectivity index (χ0n) is 19.6. The van der Waals surface area contributed by atoms with Crippen LogP contribution in [0.1, 0.15) is 49.3 Å². The Balaban J connectivity index is 1.41. The highest BCUT2D eigenvalue weighted by Gasteiger charge is 2.41. The molecule has 0 unspecified atom stereocenters. The molecular weight excluding hydrogens is 452 g/mol. The molecule has 1 aliphatic carbocycles. The van der Waals surface area contributed by atoms with Gasteiger partial charge in [-0.15, -0.1) is 0 Å². The van der Waals surface area contributed by atoms with Crippen molar-refractivity contribution in [2.45, 2.75) is 62.2 Å². The van der Waals surface area contributed by atoms with Gasteiger partial charge in [-0.1, -0.05) is 55.0 Å². The van der Waals surface area contributed by atoms with E-state index in [-0.39, 0.29) is 17.4 Å². The maximum absolute atomic E-state index is 14.7. The minimum atomic E-state index is -1.56. The lowest BCUT2D eigenvalue weighted by atomic mass is 9.88. The fourth-order valence-electron chi connectivity index (χ4n) is 4.58. The summed E-state index contributed by atoms with van der Waals surface area (Å²) in [5, 5.41) is 15.9. The number of hydrogen-bond acceptors (Lipinski definition) is 4. The van der Waals surface area contributed by atoms with E-state index in [9.17, 15) is 13.9 Å². The molecule has 1 N–H and O–H groups in total. The van der Waals surface area contributed by atoms with Crippen LogP contribution in [0.2, 0.25) is 0 Å². The predicted octanol–water partition coefficient (Wildman–Crippen LogP) is 6.15. The molecule has 1 aliphatic rings. The fraction of sp³-hybridized carbons (Fsp3) is 0.407. The first kappa shape index (κ1) is 24.6. The molecule has 7 heteroatoms. The van der Waals surface area contributed by atoms with E-state index < -0.39 is 17.2 Å². The van der Waals surface area contributed by atoms with Crippen molar-refractivity contribution in [2.24, 2.45) is 5.92 Å². The number of aryl methyl sites for hydroxylation is 1. The van der Waals surface area contributed by atoms with Crippen LogP contribution in [-0.2, 0) is 12.1 Å². The van der Waals surface area contributed by atoms with Crippen molar-refractivity contribution in [2.75, 3.05) is 0 Å². The monoisotopic (exact) mass is 483 g/mol. The Bertz CT molecular complexity index is 1100. The van der Waals surface area contributed by atoms with Gasteiger partial charge in [-0.3, -0.25) is 0 Å². The van der Waals surface area contributed by atoms with Crippen molar-refractivity contribution in [3.05, 3.63) is 89.5 Å². The van der Waals surface area contributed by atoms with Crippen molar-refractivity contribution < 1.29 is 13.9 Å². The maximum Gasteiger partial charge on any atom is 0.137 e. The molecule has 0 radical (unpaired) electrons. The Morgan fingerprint density at radius 2 is 1.88 bits per heavy atom. The van der Waals surface area contributed by atoms with Crippen LogP contribution in [0.25, 0.3) is 6.08 Å². The van der Waals surface area contributed by atoms with E-state index in [0.717, 1.165) is 31.7 Å². The van der Waals surface area contributed by atoms with Gasteiger partial charge in [-0.25, -0.2) is 18.4 Å². The first-order valence-corrected chi connectivity index (χ1v) is 12.7. The summed E-state index contributed by atoms with van der Waals surface area (Å²) < 4.78 is 29.8. The predicted molar refractivity (Wildman–Crippen MR) is 133 cm³/mol. The standard InChI is InChI=1S/C27H31F2N3OS/c1-19-3-5-21(6-4-19)7-8-22-9-12-24(13-10-22)34-20(2)27(33,16-32-18-30-17-31-32)25-14-11-23(28)15-26(25)29/h3-8,11,14-15,17-18,20,22,24,33H,9-10,12-13,16H2,1-2H3/b8-7+/t20-,22?,24?,27-/m1/s1. The molecule has 1 heterocycles. The topological polar surface area (TPSA) is 50.9 Å². The third-order valence-electron chi connectivity index (χ3n) is 6.69. The molecule has 2 atom stereocenters. The largest absolute Gasteiger partial charge is 0.382 e. The first-order chi connectivity index (χ1) is 16.3. The lowest BCUT2D eigenvalue weighted by Crippen LogP contribution is -2.42. The molecule has 0 aliphatic heterocycles. The zero-order chi connectivity index (χ0) is 24.1. The molecule has 0 saturated heterocycles. The summed E-state index contributed by atoms with van der Waals surface area (Å²) in [5.74, 6) is -0.876. The van der Waals surface area contributed by atoms with E-state index in [4.69, 9.17) is 0 Å². The van der Waals surface area contributed by atoms with Crippen molar-refractivity contribution in [3.8, 4) is 0 Å². The van der Waals surface area contributed by atoms with Crippen molar-refractivity contribution in [1.82, 2.24) is 14.8 Å². The SMILES string of the molecule is Cc1ccc(/C=C/C2CCC(S[C@H](C)[C@](O)(Cn3cncn3)c3ccc(F)cc3F)CC2)cc1. The molecule has 2 aromatic carbocycles. The first-order valence-electron chi connectivity index (χ1n) is 11.7. The summed E-state index contributed by atoms with van der Waals surface area (Å²) in [4.78, 5) is 3.94. The van der Waals surface area contributed by atoms with Gasteiger partial charge >= 0.3 is 0 Å². The number of aliphatic hydroxyl groups is 1. The molecule has 4 nitrogen and oxygen atoms in total. The maximum atomic E-state index is 14.7.